The van der Waals surface area contributed by atoms with E-state index in [4.69, 9.17) is 16.5 Å². The Hall–Kier alpha value is -4.19. The molecule has 0 bridgehead atoms. The molecule has 140 valence electrons. The molecule has 0 fully saturated rings. The van der Waals surface area contributed by atoms with E-state index in [-0.39, 0.29) is 0 Å². The van der Waals surface area contributed by atoms with Crippen LogP contribution in [0, 0.1) is 0 Å². The molecule has 3 heterocycles. The molecule has 5 aromatic rings. The predicted octanol–water partition coefficient (Wildman–Crippen LogP) is 4.31. The second-order valence-electron chi connectivity index (χ2n) is 6.72. The second-order valence-corrected chi connectivity index (χ2v) is 6.72. The zero-order valence-corrected chi connectivity index (χ0v) is 15.5. The third-order valence-corrected chi connectivity index (χ3v) is 4.87. The van der Waals surface area contributed by atoms with Crippen molar-refractivity contribution in [1.29, 1.82) is 0 Å². The van der Waals surface area contributed by atoms with Gasteiger partial charge in [-0.25, -0.2) is 15.0 Å². The quantitative estimate of drug-likeness (QED) is 0.488. The third kappa shape index (κ3) is 2.96. The smallest absolute Gasteiger partial charge is 0.149 e. The third-order valence-electron chi connectivity index (χ3n) is 4.87. The van der Waals surface area contributed by atoms with Crippen LogP contribution in [-0.2, 0) is 0 Å². The van der Waals surface area contributed by atoms with E-state index >= 15 is 0 Å². The number of fused-ring (bicyclic) bond motifs is 1. The highest BCUT2D eigenvalue weighted by molar-refractivity contribution is 5.88. The minimum Gasteiger partial charge on any atom is -0.384 e. The first-order valence-corrected chi connectivity index (χ1v) is 9.21. The number of nitrogens with two attached hydrogens (primary N) is 2. The summed E-state index contributed by atoms with van der Waals surface area (Å²) in [6.07, 6.45) is 3.41. The maximum absolute atomic E-state index is 6.17. The van der Waals surface area contributed by atoms with Crippen molar-refractivity contribution in [3.05, 3.63) is 85.2 Å². The molecule has 0 saturated heterocycles. The molecule has 0 aliphatic carbocycles. The van der Waals surface area contributed by atoms with Gasteiger partial charge < -0.3 is 11.5 Å². The van der Waals surface area contributed by atoms with Crippen molar-refractivity contribution in [3.8, 4) is 28.2 Å². The monoisotopic (exact) mass is 378 g/mol. The summed E-state index contributed by atoms with van der Waals surface area (Å²) < 4.78 is 2.04. The van der Waals surface area contributed by atoms with Crippen LogP contribution in [0.2, 0.25) is 0 Å². The lowest BCUT2D eigenvalue weighted by atomic mass is 10.1. The van der Waals surface area contributed by atoms with E-state index in [1.54, 1.807) is 18.5 Å². The first kappa shape index (κ1) is 16.9. The Morgan fingerprint density at radius 2 is 1.62 bits per heavy atom. The number of imidazole rings is 1. The fourth-order valence-corrected chi connectivity index (χ4v) is 3.46. The van der Waals surface area contributed by atoms with Crippen LogP contribution in [-0.4, -0.2) is 19.5 Å². The van der Waals surface area contributed by atoms with Crippen LogP contribution in [0.3, 0.4) is 0 Å². The van der Waals surface area contributed by atoms with Crippen LogP contribution in [0.5, 0.6) is 0 Å². The van der Waals surface area contributed by atoms with E-state index in [0.29, 0.717) is 17.5 Å². The van der Waals surface area contributed by atoms with Gasteiger partial charge in [0.2, 0.25) is 0 Å². The lowest BCUT2D eigenvalue weighted by molar-refractivity contribution is 1.08. The van der Waals surface area contributed by atoms with E-state index in [1.165, 1.54) is 0 Å². The average Bonchev–Trinajstić information content (AvgIpc) is 3.14. The molecule has 0 radical (unpaired) electrons. The Kier molecular flexibility index (Phi) is 3.95. The zero-order valence-electron chi connectivity index (χ0n) is 15.5. The number of nitrogen functional groups attached to an aromatic ring is 2. The van der Waals surface area contributed by atoms with Crippen LogP contribution in [0.1, 0.15) is 0 Å². The molecule has 4 N–H and O–H groups in total. The van der Waals surface area contributed by atoms with Gasteiger partial charge in [0.25, 0.3) is 0 Å². The molecule has 0 amide bonds. The summed E-state index contributed by atoms with van der Waals surface area (Å²) in [5, 5.41) is 0. The van der Waals surface area contributed by atoms with E-state index in [0.717, 1.165) is 33.4 Å². The van der Waals surface area contributed by atoms with Crippen LogP contribution in [0.15, 0.2) is 85.2 Å². The summed E-state index contributed by atoms with van der Waals surface area (Å²) in [5.41, 5.74) is 17.6. The van der Waals surface area contributed by atoms with Crippen LogP contribution < -0.4 is 11.5 Å². The van der Waals surface area contributed by atoms with E-state index < -0.39 is 0 Å². The van der Waals surface area contributed by atoms with Crippen LogP contribution in [0.4, 0.5) is 11.6 Å². The minimum absolute atomic E-state index is 0.427. The first-order valence-electron chi connectivity index (χ1n) is 9.21. The number of aromatic nitrogens is 4. The van der Waals surface area contributed by atoms with Crippen molar-refractivity contribution in [2.75, 3.05) is 11.5 Å². The number of hydrogen-bond acceptors (Lipinski definition) is 5. The summed E-state index contributed by atoms with van der Waals surface area (Å²) in [4.78, 5) is 13.4. The maximum atomic E-state index is 6.17. The van der Waals surface area contributed by atoms with Gasteiger partial charge in [-0.2, -0.15) is 0 Å². The van der Waals surface area contributed by atoms with E-state index in [2.05, 4.69) is 34.2 Å². The molecular formula is C23H18N6. The molecule has 0 atom stereocenters. The van der Waals surface area contributed by atoms with Crippen molar-refractivity contribution in [3.63, 3.8) is 0 Å². The molecule has 5 rings (SSSR count). The molecule has 29 heavy (non-hydrogen) atoms. The lowest BCUT2D eigenvalue weighted by Crippen LogP contribution is -2.02. The number of pyridine rings is 2. The molecule has 6 heteroatoms. The van der Waals surface area contributed by atoms with Crippen molar-refractivity contribution in [2.24, 2.45) is 0 Å². The van der Waals surface area contributed by atoms with Crippen LogP contribution in [0.25, 0.3) is 39.2 Å². The number of anilines is 2. The van der Waals surface area contributed by atoms with Gasteiger partial charge in [0.1, 0.15) is 17.5 Å². The molecular weight excluding hydrogens is 360 g/mol. The van der Waals surface area contributed by atoms with Crippen molar-refractivity contribution < 1.29 is 0 Å². The summed E-state index contributed by atoms with van der Waals surface area (Å²) in [6, 6.07) is 24.0. The molecule has 3 aromatic heterocycles. The van der Waals surface area contributed by atoms with E-state index in [9.17, 15) is 0 Å². The number of rotatable bonds is 3. The van der Waals surface area contributed by atoms with Gasteiger partial charge in [0.15, 0.2) is 0 Å². The Balaban J connectivity index is 1.81. The molecule has 0 unspecified atom stereocenters. The fourth-order valence-electron chi connectivity index (χ4n) is 3.46. The van der Waals surface area contributed by atoms with Crippen molar-refractivity contribution in [1.82, 2.24) is 19.5 Å². The average molecular weight is 378 g/mol. The molecule has 0 saturated carbocycles. The van der Waals surface area contributed by atoms with Gasteiger partial charge in [0, 0.05) is 6.20 Å². The Morgan fingerprint density at radius 3 is 2.38 bits per heavy atom. The van der Waals surface area contributed by atoms with Crippen LogP contribution >= 0.6 is 0 Å². The lowest BCUT2D eigenvalue weighted by Gasteiger charge is -2.11. The van der Waals surface area contributed by atoms with Gasteiger partial charge in [-0.15, -0.1) is 0 Å². The van der Waals surface area contributed by atoms with Gasteiger partial charge in [-0.05, 0) is 47.5 Å². The highest BCUT2D eigenvalue weighted by Crippen LogP contribution is 2.33. The fraction of sp³-hybridized carbons (Fsp3) is 0. The molecule has 0 spiro atoms. The maximum Gasteiger partial charge on any atom is 0.149 e. The number of hydrogen-bond donors (Lipinski definition) is 2. The second kappa shape index (κ2) is 6.76. The summed E-state index contributed by atoms with van der Waals surface area (Å²) in [7, 11) is 0. The standard InChI is InChI=1S/C23H18N6/c24-21-11-9-17(14-27-21)29-20-13-16(15-5-2-1-3-6-15)8-10-19(20)28-23(29)18-7-4-12-26-22(18)25/h1-14H,(H2,24,27)(H2,25,26). The first-order chi connectivity index (χ1) is 14.2. The number of nitrogens with zero attached hydrogens (tertiary/aromatic N) is 4. The van der Waals surface area contributed by atoms with Crippen molar-refractivity contribution >= 4 is 22.7 Å². The highest BCUT2D eigenvalue weighted by atomic mass is 15.1. The Morgan fingerprint density at radius 1 is 0.759 bits per heavy atom. The minimum atomic E-state index is 0.427. The van der Waals surface area contributed by atoms with Gasteiger partial charge in [0.05, 0.1) is 28.5 Å². The largest absolute Gasteiger partial charge is 0.384 e. The predicted molar refractivity (Wildman–Crippen MR) is 116 cm³/mol. The zero-order chi connectivity index (χ0) is 19.8. The number of benzene rings is 2. The topological polar surface area (TPSA) is 95.6 Å². The summed E-state index contributed by atoms with van der Waals surface area (Å²) in [6.45, 7) is 0. The normalized spacial score (nSPS) is 11.0. The Bertz CT molecular complexity index is 1310. The SMILES string of the molecule is Nc1ccc(-n2c(-c3cccnc3N)nc3ccc(-c4ccccc4)cc32)cn1. The molecule has 2 aromatic carbocycles. The van der Waals surface area contributed by atoms with Gasteiger partial charge in [-0.3, -0.25) is 4.57 Å². The molecule has 6 nitrogen and oxygen atoms in total. The van der Waals surface area contributed by atoms with E-state index in [1.807, 2.05) is 47.0 Å². The van der Waals surface area contributed by atoms with Crippen molar-refractivity contribution in [2.45, 2.75) is 0 Å². The highest BCUT2D eigenvalue weighted by Gasteiger charge is 2.17. The van der Waals surface area contributed by atoms with Gasteiger partial charge >= 0.3 is 0 Å². The molecule has 0 aliphatic rings. The Labute approximate surface area is 167 Å². The summed E-state index contributed by atoms with van der Waals surface area (Å²) >= 11 is 0. The molecule has 0 aliphatic heterocycles. The van der Waals surface area contributed by atoms with Gasteiger partial charge in [-0.1, -0.05) is 36.4 Å². The summed E-state index contributed by atoms with van der Waals surface area (Å²) in [5.74, 6) is 1.60.